The molecule has 0 bridgehead atoms. The van der Waals surface area contributed by atoms with Crippen molar-refractivity contribution in [1.82, 2.24) is 25.1 Å². The number of nitrogens with zero attached hydrogens (tertiary/aromatic N) is 5. The SMILES string of the molecule is Cc1nnnn1[C@H](Cc1ccccc1)C(=O)N1CC[C@H](C(=O)O)C1. The van der Waals surface area contributed by atoms with Crippen molar-refractivity contribution in [3.63, 3.8) is 0 Å². The third kappa shape index (κ3) is 3.27. The van der Waals surface area contributed by atoms with Crippen LogP contribution in [0.4, 0.5) is 0 Å². The number of amides is 1. The van der Waals surface area contributed by atoms with E-state index in [1.807, 2.05) is 30.3 Å². The second-order valence-electron chi connectivity index (χ2n) is 5.98. The number of carboxylic acid groups (broad SMARTS) is 1. The summed E-state index contributed by atoms with van der Waals surface area (Å²) in [5.41, 5.74) is 1.000. The maximum absolute atomic E-state index is 13.0. The molecule has 1 saturated heterocycles. The molecule has 0 spiro atoms. The number of aryl methyl sites for hydroxylation is 1. The average Bonchev–Trinajstić information content (AvgIpc) is 3.22. The average molecular weight is 329 g/mol. The fraction of sp³-hybridized carbons (Fsp3) is 0.438. The number of hydrogen-bond acceptors (Lipinski definition) is 5. The highest BCUT2D eigenvalue weighted by molar-refractivity contribution is 5.82. The van der Waals surface area contributed by atoms with Gasteiger partial charge in [0.05, 0.1) is 5.92 Å². The topological polar surface area (TPSA) is 101 Å². The van der Waals surface area contributed by atoms with E-state index < -0.39 is 17.9 Å². The fourth-order valence-corrected chi connectivity index (χ4v) is 3.01. The van der Waals surface area contributed by atoms with Gasteiger partial charge in [-0.25, -0.2) is 4.68 Å². The third-order valence-electron chi connectivity index (χ3n) is 4.36. The standard InChI is InChI=1S/C16H19N5O3/c1-11-17-18-19-21(11)14(9-12-5-3-2-4-6-12)15(22)20-8-7-13(10-20)16(23)24/h2-6,13-14H,7-10H2,1H3,(H,23,24)/t13-,14+/m0/s1. The summed E-state index contributed by atoms with van der Waals surface area (Å²) in [5, 5.41) is 20.6. The number of benzene rings is 1. The monoisotopic (exact) mass is 329 g/mol. The summed E-state index contributed by atoms with van der Waals surface area (Å²) in [6, 6.07) is 9.07. The molecular formula is C16H19N5O3. The van der Waals surface area contributed by atoms with Gasteiger partial charge in [0.2, 0.25) is 5.91 Å². The predicted octanol–water partition coefficient (Wildman–Crippen LogP) is 0.698. The van der Waals surface area contributed by atoms with Crippen molar-refractivity contribution in [3.8, 4) is 0 Å². The number of aliphatic carboxylic acids is 1. The quantitative estimate of drug-likeness (QED) is 0.866. The second-order valence-corrected chi connectivity index (χ2v) is 5.98. The Kier molecular flexibility index (Phi) is 4.54. The molecule has 1 fully saturated rings. The summed E-state index contributed by atoms with van der Waals surface area (Å²) in [7, 11) is 0. The van der Waals surface area contributed by atoms with E-state index in [4.69, 9.17) is 5.11 Å². The maximum Gasteiger partial charge on any atom is 0.308 e. The van der Waals surface area contributed by atoms with E-state index in [0.29, 0.717) is 25.2 Å². The van der Waals surface area contributed by atoms with Crippen LogP contribution in [0, 0.1) is 12.8 Å². The zero-order valence-electron chi connectivity index (χ0n) is 13.4. The Labute approximate surface area is 139 Å². The minimum Gasteiger partial charge on any atom is -0.481 e. The summed E-state index contributed by atoms with van der Waals surface area (Å²) < 4.78 is 1.52. The molecule has 2 atom stereocenters. The number of carboxylic acids is 1. The Morgan fingerprint density at radius 2 is 2.08 bits per heavy atom. The molecule has 8 heteroatoms. The molecule has 0 radical (unpaired) electrons. The number of likely N-dealkylation sites (tertiary alicyclic amines) is 1. The Bertz CT molecular complexity index is 730. The maximum atomic E-state index is 13.0. The third-order valence-corrected chi connectivity index (χ3v) is 4.36. The van der Waals surface area contributed by atoms with Crippen LogP contribution in [0.15, 0.2) is 30.3 Å². The summed E-state index contributed by atoms with van der Waals surface area (Å²) in [4.78, 5) is 25.7. The van der Waals surface area contributed by atoms with E-state index >= 15 is 0 Å². The fourth-order valence-electron chi connectivity index (χ4n) is 3.01. The van der Waals surface area contributed by atoms with Crippen molar-refractivity contribution >= 4 is 11.9 Å². The molecule has 24 heavy (non-hydrogen) atoms. The normalized spacial score (nSPS) is 18.5. The largest absolute Gasteiger partial charge is 0.481 e. The predicted molar refractivity (Wildman–Crippen MR) is 84.1 cm³/mol. The Morgan fingerprint density at radius 3 is 2.67 bits per heavy atom. The molecule has 1 aliphatic rings. The number of aromatic nitrogens is 4. The van der Waals surface area contributed by atoms with Crippen LogP contribution in [0.3, 0.4) is 0 Å². The molecule has 2 heterocycles. The van der Waals surface area contributed by atoms with Crippen LogP contribution in [-0.2, 0) is 16.0 Å². The van der Waals surface area contributed by atoms with Crippen LogP contribution < -0.4 is 0 Å². The van der Waals surface area contributed by atoms with Gasteiger partial charge in [-0.1, -0.05) is 30.3 Å². The van der Waals surface area contributed by atoms with E-state index in [1.165, 1.54) is 4.68 Å². The highest BCUT2D eigenvalue weighted by Gasteiger charge is 2.35. The number of tetrazole rings is 1. The first-order valence-corrected chi connectivity index (χ1v) is 7.86. The molecule has 0 unspecified atom stereocenters. The molecule has 1 N–H and O–H groups in total. The van der Waals surface area contributed by atoms with Gasteiger partial charge in [0.15, 0.2) is 0 Å². The summed E-state index contributed by atoms with van der Waals surface area (Å²) in [6.45, 7) is 2.43. The van der Waals surface area contributed by atoms with Crippen LogP contribution in [-0.4, -0.2) is 55.2 Å². The van der Waals surface area contributed by atoms with Gasteiger partial charge in [-0.05, 0) is 29.3 Å². The molecule has 1 aliphatic heterocycles. The molecular weight excluding hydrogens is 310 g/mol. The first-order valence-electron chi connectivity index (χ1n) is 7.86. The van der Waals surface area contributed by atoms with Gasteiger partial charge >= 0.3 is 5.97 Å². The van der Waals surface area contributed by atoms with E-state index in [-0.39, 0.29) is 12.5 Å². The molecule has 126 valence electrons. The smallest absolute Gasteiger partial charge is 0.308 e. The Balaban J connectivity index is 1.83. The highest BCUT2D eigenvalue weighted by Crippen LogP contribution is 2.23. The van der Waals surface area contributed by atoms with Gasteiger partial charge in [0.1, 0.15) is 11.9 Å². The van der Waals surface area contributed by atoms with Crippen molar-refractivity contribution in [3.05, 3.63) is 41.7 Å². The van der Waals surface area contributed by atoms with E-state index in [1.54, 1.807) is 11.8 Å². The lowest BCUT2D eigenvalue weighted by Gasteiger charge is -2.23. The number of hydrogen-bond donors (Lipinski definition) is 1. The van der Waals surface area contributed by atoms with Gasteiger partial charge in [0, 0.05) is 19.5 Å². The molecule has 1 aromatic heterocycles. The Hall–Kier alpha value is -2.77. The van der Waals surface area contributed by atoms with E-state index in [2.05, 4.69) is 15.5 Å². The van der Waals surface area contributed by atoms with Crippen LogP contribution in [0.2, 0.25) is 0 Å². The Morgan fingerprint density at radius 1 is 1.33 bits per heavy atom. The van der Waals surface area contributed by atoms with Gasteiger partial charge in [-0.15, -0.1) is 5.10 Å². The summed E-state index contributed by atoms with van der Waals surface area (Å²) in [6.07, 6.45) is 0.938. The molecule has 0 aliphatic carbocycles. The van der Waals surface area contributed by atoms with Gasteiger partial charge in [0.25, 0.3) is 0 Å². The van der Waals surface area contributed by atoms with Crippen molar-refractivity contribution < 1.29 is 14.7 Å². The zero-order valence-corrected chi connectivity index (χ0v) is 13.4. The van der Waals surface area contributed by atoms with Crippen molar-refractivity contribution in [1.29, 1.82) is 0 Å². The van der Waals surface area contributed by atoms with Crippen LogP contribution in [0.25, 0.3) is 0 Å². The molecule has 1 aromatic carbocycles. The zero-order chi connectivity index (χ0) is 17.1. The number of carbonyl (C=O) groups is 2. The summed E-state index contributed by atoms with van der Waals surface area (Å²) in [5.74, 6) is -0.943. The summed E-state index contributed by atoms with van der Waals surface area (Å²) >= 11 is 0. The molecule has 3 rings (SSSR count). The van der Waals surface area contributed by atoms with E-state index in [9.17, 15) is 9.59 Å². The number of carbonyl (C=O) groups excluding carboxylic acids is 1. The van der Waals surface area contributed by atoms with E-state index in [0.717, 1.165) is 5.56 Å². The highest BCUT2D eigenvalue weighted by atomic mass is 16.4. The molecule has 2 aromatic rings. The first kappa shape index (κ1) is 16.1. The van der Waals surface area contributed by atoms with Crippen LogP contribution in [0.1, 0.15) is 23.9 Å². The lowest BCUT2D eigenvalue weighted by molar-refractivity contribution is -0.141. The lowest BCUT2D eigenvalue weighted by Crippen LogP contribution is -2.38. The molecule has 8 nitrogen and oxygen atoms in total. The second kappa shape index (κ2) is 6.77. The van der Waals surface area contributed by atoms with Gasteiger partial charge in [-0.2, -0.15) is 0 Å². The minimum atomic E-state index is -0.858. The van der Waals surface area contributed by atoms with Crippen molar-refractivity contribution in [2.75, 3.05) is 13.1 Å². The molecule has 0 saturated carbocycles. The number of rotatable bonds is 5. The lowest BCUT2D eigenvalue weighted by atomic mass is 10.0. The minimum absolute atomic E-state index is 0.141. The van der Waals surface area contributed by atoms with Crippen LogP contribution >= 0.6 is 0 Å². The van der Waals surface area contributed by atoms with Gasteiger partial charge < -0.3 is 10.0 Å². The molecule has 1 amide bonds. The van der Waals surface area contributed by atoms with Crippen molar-refractivity contribution in [2.24, 2.45) is 5.92 Å². The van der Waals surface area contributed by atoms with Crippen LogP contribution in [0.5, 0.6) is 0 Å². The first-order chi connectivity index (χ1) is 11.6. The van der Waals surface area contributed by atoms with Gasteiger partial charge in [-0.3, -0.25) is 9.59 Å². The van der Waals surface area contributed by atoms with Crippen molar-refractivity contribution in [2.45, 2.75) is 25.8 Å².